The number of nitrogens with zero attached hydrogens (tertiary/aromatic N) is 1. The maximum atomic E-state index is 12.6. The van der Waals surface area contributed by atoms with Crippen molar-refractivity contribution in [2.45, 2.75) is 44.1 Å². The first-order chi connectivity index (χ1) is 15.9. The van der Waals surface area contributed by atoms with E-state index in [1.54, 1.807) is 39.1 Å². The van der Waals surface area contributed by atoms with Gasteiger partial charge in [-0.05, 0) is 62.6 Å². The molecule has 0 aliphatic rings. The van der Waals surface area contributed by atoms with Gasteiger partial charge in [-0.25, -0.2) is 22.9 Å². The number of pyridine rings is 1. The Morgan fingerprint density at radius 1 is 1.12 bits per heavy atom. The molecule has 1 aromatic carbocycles. The zero-order valence-electron chi connectivity index (χ0n) is 19.3. The highest BCUT2D eigenvalue weighted by Gasteiger charge is 2.17. The maximum absolute atomic E-state index is 12.6. The second kappa shape index (κ2) is 10.2. The number of primary amides is 1. The van der Waals surface area contributed by atoms with E-state index in [1.807, 2.05) is 12.1 Å². The number of carbonyl (C=O) groups excluding carboxylic acids is 2. The van der Waals surface area contributed by atoms with Crippen molar-refractivity contribution >= 4 is 33.1 Å². The van der Waals surface area contributed by atoms with Crippen LogP contribution < -0.4 is 15.8 Å². The van der Waals surface area contributed by atoms with E-state index in [2.05, 4.69) is 20.0 Å². The number of benzene rings is 1. The van der Waals surface area contributed by atoms with Gasteiger partial charge in [0.1, 0.15) is 11.2 Å². The lowest BCUT2D eigenvalue weighted by Gasteiger charge is -2.19. The molecule has 2 heterocycles. The highest BCUT2D eigenvalue weighted by Crippen LogP contribution is 2.29. The second-order valence-corrected chi connectivity index (χ2v) is 10.5. The minimum atomic E-state index is -3.70. The van der Waals surface area contributed by atoms with Gasteiger partial charge in [0.25, 0.3) is 0 Å². The molecule has 0 unspecified atom stereocenters. The van der Waals surface area contributed by atoms with Gasteiger partial charge in [0.05, 0.1) is 11.3 Å². The molecule has 0 aliphatic heterocycles. The molecule has 5 N–H and O–H groups in total. The molecule has 10 nitrogen and oxygen atoms in total. The fourth-order valence-corrected chi connectivity index (χ4v) is 4.39. The zero-order valence-corrected chi connectivity index (χ0v) is 20.2. The Hall–Kier alpha value is -3.44. The van der Waals surface area contributed by atoms with E-state index >= 15 is 0 Å². The molecule has 3 rings (SSSR count). The molecule has 0 aliphatic carbocycles. The number of fused-ring (bicyclic) bond motifs is 1. The Morgan fingerprint density at radius 2 is 1.82 bits per heavy atom. The van der Waals surface area contributed by atoms with Gasteiger partial charge < -0.3 is 20.8 Å². The molecule has 2 aromatic heterocycles. The molecule has 34 heavy (non-hydrogen) atoms. The van der Waals surface area contributed by atoms with E-state index in [1.165, 1.54) is 12.1 Å². The number of carbonyl (C=O) groups is 2. The quantitative estimate of drug-likeness (QED) is 0.340. The average Bonchev–Trinajstić information content (AvgIpc) is 3.14. The standard InChI is InChI=1S/C23H29N5O5S/c1-23(2,3)33-22(30)26-10-4-11-27-34(31,32)17-7-5-15(6-8-17)18-9-12-25-21-19(18)13-16(28-21)14-20(24)29/h5-9,12-13,27H,4,10-11,14H2,1-3H3,(H2,24,29)(H,25,28)(H,26,30). The van der Waals surface area contributed by atoms with E-state index < -0.39 is 27.6 Å². The summed E-state index contributed by atoms with van der Waals surface area (Å²) < 4.78 is 32.9. The van der Waals surface area contributed by atoms with Gasteiger partial charge in [-0.2, -0.15) is 0 Å². The number of H-pyrrole nitrogens is 1. The van der Waals surface area contributed by atoms with E-state index in [-0.39, 0.29) is 24.4 Å². The fourth-order valence-electron chi connectivity index (χ4n) is 3.31. The minimum Gasteiger partial charge on any atom is -0.444 e. The van der Waals surface area contributed by atoms with Crippen LogP contribution in [-0.4, -0.2) is 49.1 Å². The lowest BCUT2D eigenvalue weighted by Crippen LogP contribution is -2.34. The Kier molecular flexibility index (Phi) is 7.57. The third-order valence-electron chi connectivity index (χ3n) is 4.74. The van der Waals surface area contributed by atoms with Crippen LogP contribution in [0.15, 0.2) is 47.5 Å². The van der Waals surface area contributed by atoms with Crippen molar-refractivity contribution in [2.75, 3.05) is 13.1 Å². The molecule has 3 aromatic rings. The normalized spacial score (nSPS) is 12.0. The number of hydrogen-bond donors (Lipinski definition) is 4. The summed E-state index contributed by atoms with van der Waals surface area (Å²) in [6.45, 7) is 5.74. The average molecular weight is 488 g/mol. The van der Waals surface area contributed by atoms with Crippen LogP contribution in [0.4, 0.5) is 4.79 Å². The Balaban J connectivity index is 1.62. The Labute approximate surface area is 198 Å². The van der Waals surface area contributed by atoms with Crippen LogP contribution in [0.25, 0.3) is 22.2 Å². The first-order valence-corrected chi connectivity index (χ1v) is 12.2. The number of nitrogens with two attached hydrogens (primary N) is 1. The lowest BCUT2D eigenvalue weighted by atomic mass is 10.0. The van der Waals surface area contributed by atoms with Gasteiger partial charge in [0, 0.05) is 30.4 Å². The van der Waals surface area contributed by atoms with Crippen LogP contribution in [0.1, 0.15) is 32.9 Å². The first-order valence-electron chi connectivity index (χ1n) is 10.8. The van der Waals surface area contributed by atoms with Crippen LogP contribution in [0.5, 0.6) is 0 Å². The van der Waals surface area contributed by atoms with Gasteiger partial charge >= 0.3 is 6.09 Å². The SMILES string of the molecule is CC(C)(C)OC(=O)NCCCNS(=O)(=O)c1ccc(-c2ccnc3[nH]c(CC(N)=O)cc23)cc1. The lowest BCUT2D eigenvalue weighted by molar-refractivity contribution is -0.117. The third-order valence-corrected chi connectivity index (χ3v) is 6.22. The van der Waals surface area contributed by atoms with Crippen LogP contribution in [0.2, 0.25) is 0 Å². The molecule has 0 atom stereocenters. The summed E-state index contributed by atoms with van der Waals surface area (Å²) in [5.41, 5.74) is 7.61. The van der Waals surface area contributed by atoms with Crippen molar-refractivity contribution in [3.63, 3.8) is 0 Å². The molecule has 2 amide bonds. The van der Waals surface area contributed by atoms with Crippen LogP contribution in [-0.2, 0) is 26.0 Å². The summed E-state index contributed by atoms with van der Waals surface area (Å²) in [5, 5.41) is 3.40. The largest absolute Gasteiger partial charge is 0.444 e. The Morgan fingerprint density at radius 3 is 2.47 bits per heavy atom. The van der Waals surface area contributed by atoms with Crippen molar-refractivity contribution < 1.29 is 22.7 Å². The van der Waals surface area contributed by atoms with Gasteiger partial charge in [-0.1, -0.05) is 12.1 Å². The van der Waals surface area contributed by atoms with E-state index in [0.717, 1.165) is 16.5 Å². The zero-order chi connectivity index (χ0) is 24.9. The van der Waals surface area contributed by atoms with Crippen molar-refractivity contribution in [1.29, 1.82) is 0 Å². The van der Waals surface area contributed by atoms with Crippen LogP contribution in [0, 0.1) is 0 Å². The molecule has 0 saturated carbocycles. The van der Waals surface area contributed by atoms with E-state index in [4.69, 9.17) is 10.5 Å². The summed E-state index contributed by atoms with van der Waals surface area (Å²) in [6, 6.07) is 10.1. The highest BCUT2D eigenvalue weighted by atomic mass is 32.2. The maximum Gasteiger partial charge on any atom is 0.407 e. The topological polar surface area (TPSA) is 156 Å². The van der Waals surface area contributed by atoms with Crippen LogP contribution >= 0.6 is 0 Å². The summed E-state index contributed by atoms with van der Waals surface area (Å²) in [7, 11) is -3.70. The second-order valence-electron chi connectivity index (χ2n) is 8.76. The molecule has 0 bridgehead atoms. The van der Waals surface area contributed by atoms with Crippen molar-refractivity contribution in [3.8, 4) is 11.1 Å². The predicted octanol–water partition coefficient (Wildman–Crippen LogP) is 2.45. The van der Waals surface area contributed by atoms with E-state index in [9.17, 15) is 18.0 Å². The third kappa shape index (κ3) is 6.78. The summed E-state index contributed by atoms with van der Waals surface area (Å²) >= 11 is 0. The minimum absolute atomic E-state index is 0.0753. The molecule has 0 fully saturated rings. The van der Waals surface area contributed by atoms with Gasteiger partial charge in [-0.15, -0.1) is 0 Å². The van der Waals surface area contributed by atoms with Crippen molar-refractivity contribution in [2.24, 2.45) is 5.73 Å². The van der Waals surface area contributed by atoms with Crippen molar-refractivity contribution in [1.82, 2.24) is 20.0 Å². The molecule has 0 saturated heterocycles. The fraction of sp³-hybridized carbons (Fsp3) is 0.348. The Bertz CT molecular complexity index is 1280. The number of sulfonamides is 1. The summed E-state index contributed by atoms with van der Waals surface area (Å²) in [6.07, 6.45) is 1.58. The molecular formula is C23H29N5O5S. The number of rotatable bonds is 9. The molecule has 11 heteroatoms. The monoisotopic (exact) mass is 487 g/mol. The molecule has 0 radical (unpaired) electrons. The number of aromatic nitrogens is 2. The molecule has 182 valence electrons. The number of alkyl carbamates (subject to hydrolysis) is 1. The number of amides is 2. The van der Waals surface area contributed by atoms with Crippen molar-refractivity contribution in [3.05, 3.63) is 48.3 Å². The molecular weight excluding hydrogens is 458 g/mol. The van der Waals surface area contributed by atoms with Gasteiger partial charge in [0.15, 0.2) is 0 Å². The van der Waals surface area contributed by atoms with Crippen LogP contribution in [0.3, 0.4) is 0 Å². The highest BCUT2D eigenvalue weighted by molar-refractivity contribution is 7.89. The predicted molar refractivity (Wildman–Crippen MR) is 128 cm³/mol. The van der Waals surface area contributed by atoms with Gasteiger partial charge in [0.2, 0.25) is 15.9 Å². The molecule has 0 spiro atoms. The summed E-state index contributed by atoms with van der Waals surface area (Å²) in [5.74, 6) is -0.448. The number of nitrogens with one attached hydrogen (secondary N) is 3. The first kappa shape index (κ1) is 25.2. The number of hydrogen-bond acceptors (Lipinski definition) is 6. The number of aromatic amines is 1. The number of ether oxygens (including phenoxy) is 1. The smallest absolute Gasteiger partial charge is 0.407 e. The van der Waals surface area contributed by atoms with Gasteiger partial charge in [-0.3, -0.25) is 4.79 Å². The van der Waals surface area contributed by atoms with E-state index in [0.29, 0.717) is 17.8 Å². The summed E-state index contributed by atoms with van der Waals surface area (Å²) in [4.78, 5) is 30.3.